The number of nitrogens with one attached hydrogen (secondary N) is 1. The molecule has 0 saturated heterocycles. The lowest BCUT2D eigenvalue weighted by Crippen LogP contribution is -1.83. The molecule has 0 spiro atoms. The van der Waals surface area contributed by atoms with Crippen molar-refractivity contribution in [1.29, 1.82) is 0 Å². The number of hydrogen-bond donors (Lipinski definition) is 1. The summed E-state index contributed by atoms with van der Waals surface area (Å²) in [7, 11) is 0. The first-order valence-electron chi connectivity index (χ1n) is 6.34. The van der Waals surface area contributed by atoms with Gasteiger partial charge < -0.3 is 4.42 Å². The van der Waals surface area contributed by atoms with Gasteiger partial charge >= 0.3 is 0 Å². The molecule has 3 heterocycles. The van der Waals surface area contributed by atoms with Crippen LogP contribution in [-0.2, 0) is 0 Å². The molecule has 4 aromatic rings. The Morgan fingerprint density at radius 1 is 0.950 bits per heavy atom. The van der Waals surface area contributed by atoms with Crippen LogP contribution in [0.2, 0.25) is 0 Å². The van der Waals surface area contributed by atoms with E-state index in [0.717, 1.165) is 33.4 Å². The summed E-state index contributed by atoms with van der Waals surface area (Å²) in [5.41, 5.74) is 4.84. The van der Waals surface area contributed by atoms with Crippen molar-refractivity contribution in [2.45, 2.75) is 0 Å². The lowest BCUT2D eigenvalue weighted by Gasteiger charge is -2.02. The Hall–Kier alpha value is -2.88. The summed E-state index contributed by atoms with van der Waals surface area (Å²) in [5, 5.41) is 8.43. The van der Waals surface area contributed by atoms with Gasteiger partial charge in [-0.25, -0.2) is 4.98 Å². The van der Waals surface area contributed by atoms with Crippen molar-refractivity contribution in [2.75, 3.05) is 0 Å². The minimum absolute atomic E-state index is 0.780. The van der Waals surface area contributed by atoms with Gasteiger partial charge in [-0.15, -0.1) is 0 Å². The SMILES string of the molecule is c1ccc(-c2n[nH]c3nccc(-c4ccoc4)c23)cc1. The number of pyridine rings is 1. The van der Waals surface area contributed by atoms with E-state index in [-0.39, 0.29) is 0 Å². The van der Waals surface area contributed by atoms with Crippen LogP contribution in [-0.4, -0.2) is 15.2 Å². The smallest absolute Gasteiger partial charge is 0.156 e. The number of benzene rings is 1. The quantitative estimate of drug-likeness (QED) is 0.595. The molecule has 4 rings (SSSR count). The van der Waals surface area contributed by atoms with Crippen molar-refractivity contribution in [2.24, 2.45) is 0 Å². The number of aromatic nitrogens is 3. The lowest BCUT2D eigenvalue weighted by atomic mass is 10.0. The monoisotopic (exact) mass is 261 g/mol. The average Bonchev–Trinajstić information content (AvgIpc) is 3.17. The third kappa shape index (κ3) is 1.62. The van der Waals surface area contributed by atoms with Gasteiger partial charge in [0.05, 0.1) is 17.9 Å². The van der Waals surface area contributed by atoms with Crippen LogP contribution in [0.5, 0.6) is 0 Å². The zero-order valence-electron chi connectivity index (χ0n) is 10.6. The molecular weight excluding hydrogens is 250 g/mol. The summed E-state index contributed by atoms with van der Waals surface area (Å²) in [6.45, 7) is 0. The molecule has 1 aromatic carbocycles. The molecule has 0 saturated carbocycles. The molecule has 0 fully saturated rings. The van der Waals surface area contributed by atoms with E-state index in [1.165, 1.54) is 0 Å². The van der Waals surface area contributed by atoms with Crippen LogP contribution in [0.3, 0.4) is 0 Å². The number of aromatic amines is 1. The van der Waals surface area contributed by atoms with Gasteiger partial charge in [-0.05, 0) is 17.7 Å². The summed E-state index contributed by atoms with van der Waals surface area (Å²) in [6, 6.07) is 14.0. The molecule has 1 N–H and O–H groups in total. The zero-order chi connectivity index (χ0) is 13.4. The normalized spacial score (nSPS) is 11.0. The lowest BCUT2D eigenvalue weighted by molar-refractivity contribution is 0.568. The van der Waals surface area contributed by atoms with E-state index in [4.69, 9.17) is 4.42 Å². The van der Waals surface area contributed by atoms with Gasteiger partial charge in [0, 0.05) is 17.3 Å². The minimum atomic E-state index is 0.780. The Bertz CT molecular complexity index is 848. The standard InChI is InChI=1S/C16H11N3O/c1-2-4-11(5-3-1)15-14-13(12-7-9-20-10-12)6-8-17-16(14)19-18-15/h1-10H,(H,17,18,19). The van der Waals surface area contributed by atoms with Crippen LogP contribution in [0, 0.1) is 0 Å². The zero-order valence-corrected chi connectivity index (χ0v) is 10.6. The minimum Gasteiger partial charge on any atom is -0.472 e. The van der Waals surface area contributed by atoms with Crippen LogP contribution in [0.4, 0.5) is 0 Å². The van der Waals surface area contributed by atoms with Crippen LogP contribution in [0.15, 0.2) is 65.6 Å². The summed E-state index contributed by atoms with van der Waals surface area (Å²) in [5.74, 6) is 0. The van der Waals surface area contributed by atoms with Crippen LogP contribution in [0.1, 0.15) is 0 Å². The molecule has 0 aliphatic carbocycles. The number of rotatable bonds is 2. The van der Waals surface area contributed by atoms with Gasteiger partial charge in [-0.2, -0.15) is 5.10 Å². The van der Waals surface area contributed by atoms with Gasteiger partial charge in [0.1, 0.15) is 5.69 Å². The highest BCUT2D eigenvalue weighted by atomic mass is 16.3. The molecule has 4 heteroatoms. The van der Waals surface area contributed by atoms with E-state index < -0.39 is 0 Å². The summed E-state index contributed by atoms with van der Waals surface area (Å²) < 4.78 is 5.19. The van der Waals surface area contributed by atoms with Gasteiger partial charge in [0.2, 0.25) is 0 Å². The number of fused-ring (bicyclic) bond motifs is 1. The maximum atomic E-state index is 5.19. The molecule has 96 valence electrons. The highest BCUT2D eigenvalue weighted by Gasteiger charge is 2.14. The van der Waals surface area contributed by atoms with Crippen molar-refractivity contribution in [3.05, 3.63) is 61.2 Å². The van der Waals surface area contributed by atoms with E-state index in [1.807, 2.05) is 42.5 Å². The number of hydrogen-bond acceptors (Lipinski definition) is 3. The van der Waals surface area contributed by atoms with Crippen molar-refractivity contribution in [1.82, 2.24) is 15.2 Å². The summed E-state index contributed by atoms with van der Waals surface area (Å²) in [6.07, 6.45) is 5.18. The summed E-state index contributed by atoms with van der Waals surface area (Å²) >= 11 is 0. The maximum absolute atomic E-state index is 5.19. The molecule has 0 aliphatic heterocycles. The fraction of sp³-hybridized carbons (Fsp3) is 0. The second-order valence-electron chi connectivity index (χ2n) is 4.53. The topological polar surface area (TPSA) is 54.7 Å². The first-order valence-corrected chi connectivity index (χ1v) is 6.34. The molecule has 0 aliphatic rings. The van der Waals surface area contributed by atoms with Gasteiger partial charge in [0.15, 0.2) is 5.65 Å². The molecule has 0 unspecified atom stereocenters. The molecular formula is C16H11N3O. The van der Waals surface area contributed by atoms with Crippen molar-refractivity contribution >= 4 is 11.0 Å². The van der Waals surface area contributed by atoms with E-state index in [0.29, 0.717) is 0 Å². The van der Waals surface area contributed by atoms with E-state index in [9.17, 15) is 0 Å². The van der Waals surface area contributed by atoms with Crippen LogP contribution < -0.4 is 0 Å². The molecule has 0 amide bonds. The second kappa shape index (κ2) is 4.35. The Labute approximate surface area is 115 Å². The molecule has 20 heavy (non-hydrogen) atoms. The second-order valence-corrected chi connectivity index (χ2v) is 4.53. The Morgan fingerprint density at radius 2 is 1.85 bits per heavy atom. The van der Waals surface area contributed by atoms with Gasteiger partial charge in [0.25, 0.3) is 0 Å². The number of furan rings is 1. The number of H-pyrrole nitrogens is 1. The molecule has 0 atom stereocenters. The Kier molecular flexibility index (Phi) is 2.39. The summed E-state index contributed by atoms with van der Waals surface area (Å²) in [4.78, 5) is 4.35. The number of nitrogens with zero attached hydrogens (tertiary/aromatic N) is 2. The first kappa shape index (κ1) is 11.0. The van der Waals surface area contributed by atoms with Gasteiger partial charge in [-0.3, -0.25) is 5.10 Å². The van der Waals surface area contributed by atoms with Crippen molar-refractivity contribution in [3.63, 3.8) is 0 Å². The Balaban J connectivity index is 2.04. The van der Waals surface area contributed by atoms with Crippen molar-refractivity contribution in [3.8, 4) is 22.4 Å². The van der Waals surface area contributed by atoms with Crippen molar-refractivity contribution < 1.29 is 4.42 Å². The maximum Gasteiger partial charge on any atom is 0.156 e. The van der Waals surface area contributed by atoms with Crippen LogP contribution >= 0.6 is 0 Å². The highest BCUT2D eigenvalue weighted by molar-refractivity contribution is 6.01. The predicted molar refractivity (Wildman–Crippen MR) is 77.0 cm³/mol. The fourth-order valence-corrected chi connectivity index (χ4v) is 2.41. The average molecular weight is 261 g/mol. The predicted octanol–water partition coefficient (Wildman–Crippen LogP) is 3.88. The van der Waals surface area contributed by atoms with Gasteiger partial charge in [-0.1, -0.05) is 30.3 Å². The molecule has 3 aromatic heterocycles. The van der Waals surface area contributed by atoms with E-state index >= 15 is 0 Å². The van der Waals surface area contributed by atoms with E-state index in [2.05, 4.69) is 15.2 Å². The Morgan fingerprint density at radius 3 is 2.65 bits per heavy atom. The largest absolute Gasteiger partial charge is 0.472 e. The van der Waals surface area contributed by atoms with E-state index in [1.54, 1.807) is 18.7 Å². The molecule has 0 radical (unpaired) electrons. The third-order valence-electron chi connectivity index (χ3n) is 3.34. The molecule has 0 bridgehead atoms. The first-order chi connectivity index (χ1) is 9.93. The van der Waals surface area contributed by atoms with Crippen LogP contribution in [0.25, 0.3) is 33.4 Å². The molecule has 4 nitrogen and oxygen atoms in total. The fourth-order valence-electron chi connectivity index (χ4n) is 2.41. The highest BCUT2D eigenvalue weighted by Crippen LogP contribution is 2.33. The third-order valence-corrected chi connectivity index (χ3v) is 3.34.